The van der Waals surface area contributed by atoms with Gasteiger partial charge < -0.3 is 4.90 Å². The van der Waals surface area contributed by atoms with Crippen LogP contribution < -0.4 is 0 Å². The lowest BCUT2D eigenvalue weighted by atomic mass is 9.86. The lowest BCUT2D eigenvalue weighted by Crippen LogP contribution is -2.43. The van der Waals surface area contributed by atoms with Crippen molar-refractivity contribution < 1.29 is 14.4 Å². The maximum Gasteiger partial charge on any atom is 0.223 e. The summed E-state index contributed by atoms with van der Waals surface area (Å²) >= 11 is 0. The monoisotopic (exact) mass is 369 g/mol. The van der Waals surface area contributed by atoms with Crippen LogP contribution in [0.25, 0.3) is 0 Å². The average Bonchev–Trinajstić information content (AvgIpc) is 2.81. The molecule has 0 spiro atoms. The third kappa shape index (κ3) is 3.99. The van der Waals surface area contributed by atoms with E-state index in [4.69, 9.17) is 0 Å². The maximum absolute atomic E-state index is 13.1. The second-order valence-corrected chi connectivity index (χ2v) is 8.96. The van der Waals surface area contributed by atoms with Gasteiger partial charge in [-0.1, -0.05) is 31.5 Å². The van der Waals surface area contributed by atoms with Crippen molar-refractivity contribution in [1.82, 2.24) is 4.90 Å². The highest BCUT2D eigenvalue weighted by Gasteiger charge is 2.44. The van der Waals surface area contributed by atoms with Crippen LogP contribution in [-0.4, -0.2) is 35.5 Å². The van der Waals surface area contributed by atoms with Gasteiger partial charge in [-0.2, -0.15) is 0 Å². The third-order valence-electron chi connectivity index (χ3n) is 6.13. The van der Waals surface area contributed by atoms with E-state index in [1.165, 1.54) is 0 Å². The van der Waals surface area contributed by atoms with Crippen LogP contribution in [0.2, 0.25) is 0 Å². The first-order valence-electron chi connectivity index (χ1n) is 10.1. The summed E-state index contributed by atoms with van der Waals surface area (Å²) in [6.45, 7) is 11.8. The van der Waals surface area contributed by atoms with E-state index in [2.05, 4.69) is 13.8 Å². The molecule has 4 heteroatoms. The zero-order valence-electron chi connectivity index (χ0n) is 17.2. The van der Waals surface area contributed by atoms with E-state index in [1.807, 2.05) is 37.8 Å². The van der Waals surface area contributed by atoms with Gasteiger partial charge in [0.05, 0.1) is 0 Å². The molecule has 4 nitrogen and oxygen atoms in total. The van der Waals surface area contributed by atoms with Gasteiger partial charge in [-0.05, 0) is 55.7 Å². The number of hydrogen-bond acceptors (Lipinski definition) is 3. The van der Waals surface area contributed by atoms with Crippen LogP contribution in [-0.2, 0) is 14.4 Å². The van der Waals surface area contributed by atoms with Crippen molar-refractivity contribution in [2.75, 3.05) is 13.1 Å². The first kappa shape index (κ1) is 19.8. The van der Waals surface area contributed by atoms with Gasteiger partial charge in [0.1, 0.15) is 11.7 Å². The predicted octanol–water partition coefficient (Wildman–Crippen LogP) is 3.75. The van der Waals surface area contributed by atoms with E-state index in [0.29, 0.717) is 11.8 Å². The molecule has 0 aromatic heterocycles. The summed E-state index contributed by atoms with van der Waals surface area (Å²) in [5.41, 5.74) is 3.96. The zero-order valence-corrected chi connectivity index (χ0v) is 17.2. The van der Waals surface area contributed by atoms with Gasteiger partial charge in [0.2, 0.25) is 5.91 Å². The van der Waals surface area contributed by atoms with Crippen molar-refractivity contribution in [2.24, 2.45) is 17.8 Å². The smallest absolute Gasteiger partial charge is 0.223 e. The Bertz CT molecular complexity index is 749. The van der Waals surface area contributed by atoms with Gasteiger partial charge in [-0.15, -0.1) is 0 Å². The molecule has 4 atom stereocenters. The fourth-order valence-electron chi connectivity index (χ4n) is 5.18. The molecule has 1 aliphatic heterocycles. The highest BCUT2D eigenvalue weighted by atomic mass is 16.2. The van der Waals surface area contributed by atoms with Crippen molar-refractivity contribution in [3.8, 4) is 0 Å². The summed E-state index contributed by atoms with van der Waals surface area (Å²) < 4.78 is 0. The summed E-state index contributed by atoms with van der Waals surface area (Å²) in [4.78, 5) is 40.4. The maximum atomic E-state index is 13.1. The van der Waals surface area contributed by atoms with Crippen LogP contribution in [0.5, 0.6) is 0 Å². The van der Waals surface area contributed by atoms with Crippen LogP contribution in [0, 0.1) is 38.5 Å². The Morgan fingerprint density at radius 1 is 1.04 bits per heavy atom. The van der Waals surface area contributed by atoms with E-state index in [9.17, 15) is 14.4 Å². The molecule has 146 valence electrons. The highest BCUT2D eigenvalue weighted by Crippen LogP contribution is 2.38. The van der Waals surface area contributed by atoms with Gasteiger partial charge in [-0.25, -0.2) is 0 Å². The molecule has 2 fully saturated rings. The van der Waals surface area contributed by atoms with E-state index < -0.39 is 11.8 Å². The summed E-state index contributed by atoms with van der Waals surface area (Å²) in [6, 6.07) is 4.05. The lowest BCUT2D eigenvalue weighted by Gasteiger charge is -2.35. The largest absolute Gasteiger partial charge is 0.342 e. The minimum Gasteiger partial charge on any atom is -0.342 e. The average molecular weight is 370 g/mol. The van der Waals surface area contributed by atoms with Gasteiger partial charge in [0, 0.05) is 31.8 Å². The number of hydrogen-bond donors (Lipinski definition) is 0. The van der Waals surface area contributed by atoms with E-state index in [-0.39, 0.29) is 30.3 Å². The lowest BCUT2D eigenvalue weighted by molar-refractivity contribution is -0.137. The van der Waals surface area contributed by atoms with Gasteiger partial charge in [0.15, 0.2) is 5.78 Å². The number of ketones is 2. The van der Waals surface area contributed by atoms with Crippen molar-refractivity contribution in [3.63, 3.8) is 0 Å². The minimum absolute atomic E-state index is 0.0255. The summed E-state index contributed by atoms with van der Waals surface area (Å²) in [7, 11) is 0. The van der Waals surface area contributed by atoms with E-state index >= 15 is 0 Å². The Labute approximate surface area is 162 Å². The molecule has 1 aromatic carbocycles. The van der Waals surface area contributed by atoms with Crippen LogP contribution in [0.15, 0.2) is 12.1 Å². The number of likely N-dealkylation sites (tertiary alicyclic amines) is 1. The molecule has 3 rings (SSSR count). The predicted molar refractivity (Wildman–Crippen MR) is 106 cm³/mol. The van der Waals surface area contributed by atoms with Crippen molar-refractivity contribution in [3.05, 3.63) is 34.4 Å². The summed E-state index contributed by atoms with van der Waals surface area (Å²) in [5, 5.41) is 0. The molecule has 1 aliphatic carbocycles. The number of aryl methyl sites for hydroxylation is 3. The second kappa shape index (κ2) is 7.57. The molecule has 1 saturated heterocycles. The summed E-state index contributed by atoms with van der Waals surface area (Å²) in [5.74, 6) is -0.258. The molecular weight excluding hydrogens is 338 g/mol. The third-order valence-corrected chi connectivity index (χ3v) is 6.13. The Morgan fingerprint density at radius 3 is 2.15 bits per heavy atom. The molecule has 27 heavy (non-hydrogen) atoms. The number of nitrogens with zero attached hydrogens (tertiary/aromatic N) is 1. The molecular formula is C23H31NO3. The Kier molecular flexibility index (Phi) is 5.55. The van der Waals surface area contributed by atoms with Crippen LogP contribution in [0.1, 0.15) is 61.3 Å². The number of rotatable bonds is 3. The molecule has 0 N–H and O–H groups in total. The quantitative estimate of drug-likeness (QED) is 0.763. The number of carbonyl (C=O) groups excluding carboxylic acids is 3. The number of Topliss-reactive ketones (excluding diaryl/α,β-unsaturated/α-hetero) is 2. The molecule has 1 aromatic rings. The standard InChI is InChI=1S/C23H31NO3/c1-13-7-16(4)21(17(5)8-13)22-19(25)9-18(23(22)27)10-20(26)24-11-14(2)6-15(3)12-24/h7-8,14-15,18,22H,6,9-12H2,1-5H3. The van der Waals surface area contributed by atoms with E-state index in [1.54, 1.807) is 0 Å². The summed E-state index contributed by atoms with van der Waals surface area (Å²) in [6.07, 6.45) is 1.50. The first-order valence-corrected chi connectivity index (χ1v) is 10.1. The zero-order chi connectivity index (χ0) is 19.9. The van der Waals surface area contributed by atoms with E-state index in [0.717, 1.165) is 41.8 Å². The molecule has 1 amide bonds. The Balaban J connectivity index is 1.76. The van der Waals surface area contributed by atoms with Crippen LogP contribution >= 0.6 is 0 Å². The second-order valence-electron chi connectivity index (χ2n) is 8.96. The van der Waals surface area contributed by atoms with Crippen molar-refractivity contribution >= 4 is 17.5 Å². The molecule has 0 bridgehead atoms. The van der Waals surface area contributed by atoms with Crippen LogP contribution in [0.4, 0.5) is 0 Å². The number of piperidine rings is 1. The normalized spacial score (nSPS) is 28.7. The fourth-order valence-corrected chi connectivity index (χ4v) is 5.18. The molecule has 1 heterocycles. The highest BCUT2D eigenvalue weighted by molar-refractivity contribution is 6.15. The number of amides is 1. The number of benzene rings is 1. The SMILES string of the molecule is Cc1cc(C)c(C2C(=O)CC(CC(=O)N3CC(C)CC(C)C3)C2=O)c(C)c1. The molecule has 4 unspecified atom stereocenters. The topological polar surface area (TPSA) is 54.5 Å². The Morgan fingerprint density at radius 2 is 1.59 bits per heavy atom. The molecule has 2 aliphatic rings. The number of carbonyl (C=O) groups is 3. The van der Waals surface area contributed by atoms with Crippen LogP contribution in [0.3, 0.4) is 0 Å². The Hall–Kier alpha value is -1.97. The van der Waals surface area contributed by atoms with Gasteiger partial charge in [-0.3, -0.25) is 14.4 Å². The first-order chi connectivity index (χ1) is 12.7. The van der Waals surface area contributed by atoms with Gasteiger partial charge >= 0.3 is 0 Å². The fraction of sp³-hybridized carbons (Fsp3) is 0.609. The molecule has 0 radical (unpaired) electrons. The molecule has 1 saturated carbocycles. The van der Waals surface area contributed by atoms with Crippen molar-refractivity contribution in [2.45, 2.75) is 59.8 Å². The minimum atomic E-state index is -0.692. The van der Waals surface area contributed by atoms with Crippen molar-refractivity contribution in [1.29, 1.82) is 0 Å². The van der Waals surface area contributed by atoms with Gasteiger partial charge in [0.25, 0.3) is 0 Å².